The molecule has 17 heavy (non-hydrogen) atoms. The lowest BCUT2D eigenvalue weighted by Crippen LogP contribution is -2.17. The Morgan fingerprint density at radius 3 is 1.94 bits per heavy atom. The van der Waals surface area contributed by atoms with E-state index in [2.05, 4.69) is 58.0 Å². The molecular formula is C16H21Si. The van der Waals surface area contributed by atoms with Crippen LogP contribution in [0.3, 0.4) is 0 Å². The molecule has 2 rings (SSSR count). The van der Waals surface area contributed by atoms with Crippen LogP contribution in [0.2, 0.25) is 6.04 Å². The highest BCUT2D eigenvalue weighted by molar-refractivity contribution is 6.53. The molecule has 0 nitrogen and oxygen atoms in total. The highest BCUT2D eigenvalue weighted by Gasteiger charge is 2.23. The van der Waals surface area contributed by atoms with Crippen molar-refractivity contribution in [2.75, 3.05) is 0 Å². The van der Waals surface area contributed by atoms with Gasteiger partial charge in [0.2, 0.25) is 0 Å². The van der Waals surface area contributed by atoms with Gasteiger partial charge in [0.25, 0.3) is 0 Å². The van der Waals surface area contributed by atoms with E-state index in [0.717, 1.165) is 0 Å². The van der Waals surface area contributed by atoms with Gasteiger partial charge in [0, 0.05) is 0 Å². The van der Waals surface area contributed by atoms with Crippen LogP contribution in [0.4, 0.5) is 0 Å². The first-order valence-corrected chi connectivity index (χ1v) is 7.74. The second-order valence-corrected chi connectivity index (χ2v) is 6.57. The normalized spacial score (nSPS) is 17.2. The summed E-state index contributed by atoms with van der Waals surface area (Å²) in [5.74, 6) is 0.713. The molecule has 0 spiro atoms. The first-order valence-electron chi connectivity index (χ1n) is 6.34. The van der Waals surface area contributed by atoms with Gasteiger partial charge in [-0.1, -0.05) is 46.7 Å². The van der Waals surface area contributed by atoms with E-state index in [1.165, 1.54) is 22.4 Å². The van der Waals surface area contributed by atoms with E-state index in [1.54, 1.807) is 11.1 Å². The molecule has 1 aliphatic rings. The standard InChI is InChI=1S/C16H21Si/c1-11-12(2)14(4)16(13(11)3)10-17-15-8-6-5-7-9-15/h5-9,16-17H,10H2,1-4H3. The minimum atomic E-state index is 0.402. The number of allylic oxidation sites excluding steroid dienone is 4. The lowest BCUT2D eigenvalue weighted by molar-refractivity contribution is 0.810. The molecular weight excluding hydrogens is 220 g/mol. The third-order valence-electron chi connectivity index (χ3n) is 4.18. The van der Waals surface area contributed by atoms with E-state index in [4.69, 9.17) is 0 Å². The highest BCUT2D eigenvalue weighted by atomic mass is 28.2. The molecule has 0 amide bonds. The van der Waals surface area contributed by atoms with Gasteiger partial charge in [-0.3, -0.25) is 0 Å². The quantitative estimate of drug-likeness (QED) is 0.711. The Labute approximate surface area is 107 Å². The van der Waals surface area contributed by atoms with Crippen LogP contribution in [0, 0.1) is 5.92 Å². The molecule has 0 saturated carbocycles. The monoisotopic (exact) mass is 241 g/mol. The maximum Gasteiger partial charge on any atom is 0.0677 e. The van der Waals surface area contributed by atoms with Crippen molar-refractivity contribution in [1.82, 2.24) is 0 Å². The van der Waals surface area contributed by atoms with Crippen LogP contribution in [0.15, 0.2) is 52.6 Å². The third-order valence-corrected chi connectivity index (χ3v) is 5.74. The van der Waals surface area contributed by atoms with E-state index < -0.39 is 0 Å². The Bertz CT molecular complexity index is 442. The molecule has 1 aliphatic carbocycles. The molecule has 0 heterocycles. The molecule has 1 aromatic carbocycles. The van der Waals surface area contributed by atoms with E-state index in [0.29, 0.717) is 15.4 Å². The summed E-state index contributed by atoms with van der Waals surface area (Å²) in [6.45, 7) is 9.16. The van der Waals surface area contributed by atoms with Crippen LogP contribution in [-0.4, -0.2) is 9.52 Å². The zero-order valence-electron chi connectivity index (χ0n) is 11.2. The Morgan fingerprint density at radius 1 is 0.882 bits per heavy atom. The fourth-order valence-corrected chi connectivity index (χ4v) is 4.34. The van der Waals surface area contributed by atoms with Gasteiger partial charge in [-0.2, -0.15) is 0 Å². The fraction of sp³-hybridized carbons (Fsp3) is 0.375. The Balaban J connectivity index is 2.07. The molecule has 0 N–H and O–H groups in total. The predicted octanol–water partition coefficient (Wildman–Crippen LogP) is 3.47. The second kappa shape index (κ2) is 5.05. The SMILES string of the molecule is CC1=C(C)C(C[SiH]c2ccccc2)C(C)=C1C. The molecule has 1 heteroatoms. The van der Waals surface area contributed by atoms with Gasteiger partial charge in [0.15, 0.2) is 0 Å². The summed E-state index contributed by atoms with van der Waals surface area (Å²) in [6, 6.07) is 12.3. The first kappa shape index (κ1) is 12.4. The van der Waals surface area contributed by atoms with Gasteiger partial charge in [-0.05, 0) is 50.8 Å². The van der Waals surface area contributed by atoms with Gasteiger partial charge >= 0.3 is 0 Å². The van der Waals surface area contributed by atoms with Gasteiger partial charge < -0.3 is 0 Å². The van der Waals surface area contributed by atoms with Gasteiger partial charge in [0.05, 0.1) is 9.52 Å². The lowest BCUT2D eigenvalue weighted by Gasteiger charge is -2.14. The third kappa shape index (κ3) is 2.44. The molecule has 0 aromatic heterocycles. The molecule has 0 aliphatic heterocycles. The summed E-state index contributed by atoms with van der Waals surface area (Å²) in [7, 11) is 0.402. The smallest absolute Gasteiger partial charge is 0.0656 e. The fourth-order valence-electron chi connectivity index (χ4n) is 2.64. The minimum Gasteiger partial charge on any atom is -0.0656 e. The molecule has 0 saturated heterocycles. The Morgan fingerprint density at radius 2 is 1.41 bits per heavy atom. The minimum absolute atomic E-state index is 0.402. The number of rotatable bonds is 3. The Kier molecular flexibility index (Phi) is 3.68. The summed E-state index contributed by atoms with van der Waals surface area (Å²) in [4.78, 5) is 0. The topological polar surface area (TPSA) is 0 Å². The van der Waals surface area contributed by atoms with E-state index >= 15 is 0 Å². The summed E-state index contributed by atoms with van der Waals surface area (Å²) in [5, 5.41) is 1.54. The highest BCUT2D eigenvalue weighted by Crippen LogP contribution is 2.38. The molecule has 0 unspecified atom stereocenters. The molecule has 1 aromatic rings. The van der Waals surface area contributed by atoms with Crippen LogP contribution in [0.25, 0.3) is 0 Å². The molecule has 89 valence electrons. The summed E-state index contributed by atoms with van der Waals surface area (Å²) in [5.41, 5.74) is 6.26. The molecule has 1 radical (unpaired) electrons. The van der Waals surface area contributed by atoms with Crippen LogP contribution in [0.1, 0.15) is 27.7 Å². The van der Waals surface area contributed by atoms with E-state index in [1.807, 2.05) is 0 Å². The molecule has 0 fully saturated rings. The van der Waals surface area contributed by atoms with Gasteiger partial charge in [-0.15, -0.1) is 0 Å². The van der Waals surface area contributed by atoms with Gasteiger partial charge in [0.1, 0.15) is 0 Å². The number of hydrogen-bond acceptors (Lipinski definition) is 0. The zero-order valence-corrected chi connectivity index (χ0v) is 12.4. The van der Waals surface area contributed by atoms with Crippen molar-refractivity contribution in [3.63, 3.8) is 0 Å². The van der Waals surface area contributed by atoms with Gasteiger partial charge in [-0.25, -0.2) is 0 Å². The average molecular weight is 241 g/mol. The summed E-state index contributed by atoms with van der Waals surface area (Å²) < 4.78 is 0. The first-order chi connectivity index (χ1) is 8.11. The molecule has 0 atom stereocenters. The van der Waals surface area contributed by atoms with Crippen LogP contribution in [-0.2, 0) is 0 Å². The second-order valence-electron chi connectivity index (χ2n) is 5.02. The predicted molar refractivity (Wildman–Crippen MR) is 78.3 cm³/mol. The van der Waals surface area contributed by atoms with E-state index in [9.17, 15) is 0 Å². The van der Waals surface area contributed by atoms with Crippen molar-refractivity contribution < 1.29 is 0 Å². The van der Waals surface area contributed by atoms with Crippen molar-refractivity contribution >= 4 is 14.7 Å². The van der Waals surface area contributed by atoms with E-state index in [-0.39, 0.29) is 0 Å². The largest absolute Gasteiger partial charge is 0.0677 e. The van der Waals surface area contributed by atoms with Crippen molar-refractivity contribution in [2.45, 2.75) is 33.7 Å². The van der Waals surface area contributed by atoms with Crippen molar-refractivity contribution in [3.05, 3.63) is 52.6 Å². The molecule has 0 bridgehead atoms. The maximum absolute atomic E-state index is 2.31. The van der Waals surface area contributed by atoms with Crippen LogP contribution >= 0.6 is 0 Å². The zero-order chi connectivity index (χ0) is 12.4. The van der Waals surface area contributed by atoms with Crippen LogP contribution < -0.4 is 5.19 Å². The summed E-state index contributed by atoms with van der Waals surface area (Å²) >= 11 is 0. The average Bonchev–Trinajstić information content (AvgIpc) is 2.54. The summed E-state index contributed by atoms with van der Waals surface area (Å²) in [6.07, 6.45) is 0. The lowest BCUT2D eigenvalue weighted by atomic mass is 9.99. The van der Waals surface area contributed by atoms with Crippen LogP contribution in [0.5, 0.6) is 0 Å². The maximum atomic E-state index is 2.31. The number of benzene rings is 1. The van der Waals surface area contributed by atoms with Crippen molar-refractivity contribution in [2.24, 2.45) is 5.92 Å². The Hall–Kier alpha value is -1.08. The number of hydrogen-bond donors (Lipinski definition) is 0. The van der Waals surface area contributed by atoms with Crippen molar-refractivity contribution in [3.8, 4) is 0 Å². The van der Waals surface area contributed by atoms with Crippen molar-refractivity contribution in [1.29, 1.82) is 0 Å².